The van der Waals surface area contributed by atoms with E-state index in [0.29, 0.717) is 12.0 Å². The molecular formula is C14H18N2O3. The summed E-state index contributed by atoms with van der Waals surface area (Å²) < 4.78 is 4.60. The van der Waals surface area contributed by atoms with Crippen molar-refractivity contribution in [3.63, 3.8) is 0 Å². The minimum Gasteiger partial charge on any atom is -0.465 e. The van der Waals surface area contributed by atoms with E-state index >= 15 is 0 Å². The molecule has 0 saturated heterocycles. The number of ether oxygens (including phenoxy) is 1. The highest BCUT2D eigenvalue weighted by Crippen LogP contribution is 2.03. The van der Waals surface area contributed by atoms with Crippen LogP contribution in [0.15, 0.2) is 29.4 Å². The molecule has 1 N–H and O–H groups in total. The summed E-state index contributed by atoms with van der Waals surface area (Å²) in [6.45, 7) is 2.03. The first-order valence-corrected chi connectivity index (χ1v) is 6.17. The summed E-state index contributed by atoms with van der Waals surface area (Å²) in [7, 11) is 1.34. The van der Waals surface area contributed by atoms with Gasteiger partial charge in [-0.25, -0.2) is 10.2 Å². The van der Waals surface area contributed by atoms with Gasteiger partial charge in [0.1, 0.15) is 0 Å². The quantitative estimate of drug-likeness (QED) is 0.485. The van der Waals surface area contributed by atoms with E-state index in [-0.39, 0.29) is 11.9 Å². The van der Waals surface area contributed by atoms with E-state index in [1.165, 1.54) is 13.3 Å². The van der Waals surface area contributed by atoms with Gasteiger partial charge in [-0.1, -0.05) is 25.5 Å². The number of nitrogens with one attached hydrogen (secondary N) is 1. The third-order valence-corrected chi connectivity index (χ3v) is 2.49. The van der Waals surface area contributed by atoms with Gasteiger partial charge in [0, 0.05) is 6.42 Å². The maximum absolute atomic E-state index is 11.3. The molecule has 0 radical (unpaired) electrons. The van der Waals surface area contributed by atoms with Crippen molar-refractivity contribution in [2.75, 3.05) is 7.11 Å². The Labute approximate surface area is 112 Å². The fraction of sp³-hybridized carbons (Fsp3) is 0.357. The van der Waals surface area contributed by atoms with Crippen LogP contribution in [0.5, 0.6) is 0 Å². The molecule has 0 aliphatic heterocycles. The number of unbranched alkanes of at least 4 members (excludes halogenated alkanes) is 1. The number of rotatable bonds is 6. The van der Waals surface area contributed by atoms with Gasteiger partial charge in [0.05, 0.1) is 18.9 Å². The molecule has 19 heavy (non-hydrogen) atoms. The van der Waals surface area contributed by atoms with E-state index in [2.05, 4.69) is 15.3 Å². The standard InChI is InChI=1S/C14H18N2O3/c1-3-4-5-13(17)16-15-10-11-6-8-12(9-7-11)14(18)19-2/h6-10H,3-5H2,1-2H3,(H,16,17)/b15-10+. The number of nitrogens with zero attached hydrogens (tertiary/aromatic N) is 1. The summed E-state index contributed by atoms with van der Waals surface area (Å²) in [5.74, 6) is -0.472. The minimum absolute atomic E-state index is 0.0933. The lowest BCUT2D eigenvalue weighted by atomic mass is 10.1. The predicted octanol–water partition coefficient (Wildman–Crippen LogP) is 2.11. The molecule has 0 atom stereocenters. The molecule has 0 spiro atoms. The average Bonchev–Trinajstić information content (AvgIpc) is 2.45. The van der Waals surface area contributed by atoms with Crippen molar-refractivity contribution < 1.29 is 14.3 Å². The van der Waals surface area contributed by atoms with Crippen molar-refractivity contribution in [2.24, 2.45) is 5.10 Å². The van der Waals surface area contributed by atoms with E-state index in [1.54, 1.807) is 24.3 Å². The van der Waals surface area contributed by atoms with Crippen LogP contribution in [0, 0.1) is 0 Å². The van der Waals surface area contributed by atoms with E-state index in [0.717, 1.165) is 18.4 Å². The number of hydrazone groups is 1. The molecule has 0 aliphatic rings. The zero-order valence-corrected chi connectivity index (χ0v) is 11.2. The summed E-state index contributed by atoms with van der Waals surface area (Å²) in [6.07, 6.45) is 3.85. The minimum atomic E-state index is -0.378. The summed E-state index contributed by atoms with van der Waals surface area (Å²) in [5.41, 5.74) is 3.73. The van der Waals surface area contributed by atoms with Gasteiger partial charge < -0.3 is 4.74 Å². The van der Waals surface area contributed by atoms with Gasteiger partial charge in [0.2, 0.25) is 5.91 Å². The molecule has 0 aliphatic carbocycles. The molecule has 5 nitrogen and oxygen atoms in total. The molecule has 0 aromatic heterocycles. The molecular weight excluding hydrogens is 244 g/mol. The van der Waals surface area contributed by atoms with Crippen molar-refractivity contribution >= 4 is 18.1 Å². The van der Waals surface area contributed by atoms with Crippen LogP contribution in [-0.4, -0.2) is 25.2 Å². The first-order valence-electron chi connectivity index (χ1n) is 6.17. The summed E-state index contributed by atoms with van der Waals surface area (Å²) in [4.78, 5) is 22.5. The maximum Gasteiger partial charge on any atom is 0.337 e. The smallest absolute Gasteiger partial charge is 0.337 e. The van der Waals surface area contributed by atoms with Crippen LogP contribution in [0.3, 0.4) is 0 Å². The Bertz CT molecular complexity index is 452. The van der Waals surface area contributed by atoms with E-state index in [4.69, 9.17) is 0 Å². The van der Waals surface area contributed by atoms with Crippen LogP contribution in [0.25, 0.3) is 0 Å². The Balaban J connectivity index is 2.49. The lowest BCUT2D eigenvalue weighted by Crippen LogP contribution is -2.16. The molecule has 0 saturated carbocycles. The van der Waals surface area contributed by atoms with Gasteiger partial charge in [0.15, 0.2) is 0 Å². The molecule has 1 aromatic rings. The Kier molecular flexibility index (Phi) is 6.29. The monoisotopic (exact) mass is 262 g/mol. The molecule has 0 fully saturated rings. The number of amides is 1. The summed E-state index contributed by atoms with van der Waals surface area (Å²) in [5, 5.41) is 3.85. The van der Waals surface area contributed by atoms with Crippen LogP contribution in [0.4, 0.5) is 0 Å². The molecule has 1 aromatic carbocycles. The summed E-state index contributed by atoms with van der Waals surface area (Å²) >= 11 is 0. The number of methoxy groups -OCH3 is 1. The highest BCUT2D eigenvalue weighted by molar-refractivity contribution is 5.90. The van der Waals surface area contributed by atoms with Gasteiger partial charge in [-0.2, -0.15) is 5.10 Å². The summed E-state index contributed by atoms with van der Waals surface area (Å²) in [6, 6.07) is 6.75. The third-order valence-electron chi connectivity index (χ3n) is 2.49. The topological polar surface area (TPSA) is 67.8 Å². The Hall–Kier alpha value is -2.17. The number of carbonyl (C=O) groups excluding carboxylic acids is 2. The number of hydrogen-bond acceptors (Lipinski definition) is 4. The first kappa shape index (κ1) is 14.9. The molecule has 0 unspecified atom stereocenters. The molecule has 102 valence electrons. The maximum atomic E-state index is 11.3. The zero-order chi connectivity index (χ0) is 14.1. The highest BCUT2D eigenvalue weighted by Gasteiger charge is 2.03. The van der Waals surface area contributed by atoms with Crippen LogP contribution in [-0.2, 0) is 9.53 Å². The first-order chi connectivity index (χ1) is 9.17. The molecule has 0 bridgehead atoms. The second-order valence-corrected chi connectivity index (χ2v) is 4.01. The van der Waals surface area contributed by atoms with Crippen LogP contribution in [0.2, 0.25) is 0 Å². The molecule has 5 heteroatoms. The number of benzene rings is 1. The largest absolute Gasteiger partial charge is 0.465 e. The fourth-order valence-corrected chi connectivity index (χ4v) is 1.40. The van der Waals surface area contributed by atoms with Crippen LogP contribution in [0.1, 0.15) is 42.1 Å². The number of esters is 1. The average molecular weight is 262 g/mol. The van der Waals surface area contributed by atoms with Gasteiger partial charge in [-0.05, 0) is 24.1 Å². The number of hydrogen-bond donors (Lipinski definition) is 1. The van der Waals surface area contributed by atoms with Gasteiger partial charge in [0.25, 0.3) is 0 Å². The van der Waals surface area contributed by atoms with Crippen LogP contribution < -0.4 is 5.43 Å². The van der Waals surface area contributed by atoms with Gasteiger partial charge >= 0.3 is 5.97 Å². The van der Waals surface area contributed by atoms with Crippen molar-refractivity contribution in [2.45, 2.75) is 26.2 Å². The molecule has 1 rings (SSSR count). The molecule has 1 amide bonds. The van der Waals surface area contributed by atoms with Crippen molar-refractivity contribution in [3.05, 3.63) is 35.4 Å². The zero-order valence-electron chi connectivity index (χ0n) is 11.2. The fourth-order valence-electron chi connectivity index (χ4n) is 1.40. The highest BCUT2D eigenvalue weighted by atomic mass is 16.5. The molecule has 0 heterocycles. The predicted molar refractivity (Wildman–Crippen MR) is 73.0 cm³/mol. The van der Waals surface area contributed by atoms with Crippen molar-refractivity contribution in [1.82, 2.24) is 5.43 Å². The second-order valence-electron chi connectivity index (χ2n) is 4.01. The third kappa shape index (κ3) is 5.33. The van der Waals surface area contributed by atoms with Gasteiger partial charge in [-0.15, -0.1) is 0 Å². The normalized spacial score (nSPS) is 10.4. The van der Waals surface area contributed by atoms with Crippen molar-refractivity contribution in [3.8, 4) is 0 Å². The SMILES string of the molecule is CCCCC(=O)N/N=C/c1ccc(C(=O)OC)cc1. The van der Waals surface area contributed by atoms with E-state index in [9.17, 15) is 9.59 Å². The van der Waals surface area contributed by atoms with E-state index in [1.807, 2.05) is 6.92 Å². The Morgan fingerprint density at radius 2 is 2.00 bits per heavy atom. The Morgan fingerprint density at radius 1 is 1.32 bits per heavy atom. The van der Waals surface area contributed by atoms with Gasteiger partial charge in [-0.3, -0.25) is 4.79 Å². The van der Waals surface area contributed by atoms with Crippen LogP contribution >= 0.6 is 0 Å². The second kappa shape index (κ2) is 8.02. The Morgan fingerprint density at radius 3 is 2.58 bits per heavy atom. The van der Waals surface area contributed by atoms with E-state index < -0.39 is 0 Å². The number of carbonyl (C=O) groups is 2. The lowest BCUT2D eigenvalue weighted by molar-refractivity contribution is -0.121. The van der Waals surface area contributed by atoms with Crippen molar-refractivity contribution in [1.29, 1.82) is 0 Å². The lowest BCUT2D eigenvalue weighted by Gasteiger charge is -2.00.